The predicted octanol–water partition coefficient (Wildman–Crippen LogP) is 2.67. The number of rotatable bonds is 8. The molecule has 0 saturated carbocycles. The van der Waals surface area contributed by atoms with Gasteiger partial charge in [-0.05, 0) is 48.9 Å². The quantitative estimate of drug-likeness (QED) is 0.768. The molecule has 1 atom stereocenters. The molecule has 0 spiro atoms. The zero-order valence-electron chi connectivity index (χ0n) is 15.7. The van der Waals surface area contributed by atoms with Crippen molar-refractivity contribution >= 4 is 5.91 Å². The maximum Gasteiger partial charge on any atom is 0.261 e. The first-order valence-electron chi connectivity index (χ1n) is 8.25. The van der Waals surface area contributed by atoms with E-state index in [0.717, 1.165) is 5.56 Å². The van der Waals surface area contributed by atoms with Gasteiger partial charge >= 0.3 is 0 Å². The standard InChI is InChI=1S/C20H22N2O5/c1-13(27-16-7-5-14(11-21)6-8-16)20(23)22-12-15-9-17(24-2)19(26-4)18(10-15)25-3/h5-10,13H,12H2,1-4H3,(H,22,23). The van der Waals surface area contributed by atoms with Gasteiger partial charge in [0.2, 0.25) is 5.75 Å². The summed E-state index contributed by atoms with van der Waals surface area (Å²) in [5.41, 5.74) is 1.32. The summed E-state index contributed by atoms with van der Waals surface area (Å²) in [5, 5.41) is 11.6. The first-order chi connectivity index (χ1) is 13.0. The van der Waals surface area contributed by atoms with Gasteiger partial charge in [0, 0.05) is 6.54 Å². The molecular formula is C20H22N2O5. The van der Waals surface area contributed by atoms with Gasteiger partial charge in [0.15, 0.2) is 17.6 Å². The number of methoxy groups -OCH3 is 3. The van der Waals surface area contributed by atoms with Crippen molar-refractivity contribution in [2.24, 2.45) is 0 Å². The number of hydrogen-bond donors (Lipinski definition) is 1. The van der Waals surface area contributed by atoms with Crippen LogP contribution in [0.25, 0.3) is 0 Å². The van der Waals surface area contributed by atoms with E-state index in [1.54, 1.807) is 43.3 Å². The molecule has 0 fully saturated rings. The summed E-state index contributed by atoms with van der Waals surface area (Å²) in [6.45, 7) is 1.93. The Labute approximate surface area is 158 Å². The van der Waals surface area contributed by atoms with Gasteiger partial charge in [-0.3, -0.25) is 4.79 Å². The third-order valence-corrected chi connectivity index (χ3v) is 3.86. The van der Waals surface area contributed by atoms with Gasteiger partial charge in [0.05, 0.1) is 33.0 Å². The largest absolute Gasteiger partial charge is 0.493 e. The lowest BCUT2D eigenvalue weighted by molar-refractivity contribution is -0.127. The Morgan fingerprint density at radius 2 is 1.67 bits per heavy atom. The Hall–Kier alpha value is -3.40. The molecule has 0 aliphatic heterocycles. The molecule has 0 aromatic heterocycles. The topological polar surface area (TPSA) is 89.8 Å². The first-order valence-corrected chi connectivity index (χ1v) is 8.25. The SMILES string of the molecule is COc1cc(CNC(=O)C(C)Oc2ccc(C#N)cc2)cc(OC)c1OC. The molecule has 2 aromatic carbocycles. The molecule has 2 aromatic rings. The van der Waals surface area contributed by atoms with Crippen LogP contribution in [0.2, 0.25) is 0 Å². The van der Waals surface area contributed by atoms with Crippen LogP contribution in [0.3, 0.4) is 0 Å². The minimum Gasteiger partial charge on any atom is -0.493 e. The number of amides is 1. The van der Waals surface area contributed by atoms with E-state index < -0.39 is 6.10 Å². The van der Waals surface area contributed by atoms with Gasteiger partial charge in [-0.25, -0.2) is 0 Å². The fourth-order valence-electron chi connectivity index (χ4n) is 2.44. The van der Waals surface area contributed by atoms with E-state index in [9.17, 15) is 4.79 Å². The van der Waals surface area contributed by atoms with E-state index in [1.807, 2.05) is 6.07 Å². The monoisotopic (exact) mass is 370 g/mol. The zero-order chi connectivity index (χ0) is 19.8. The number of carbonyl (C=O) groups excluding carboxylic acids is 1. The van der Waals surface area contributed by atoms with Crippen LogP contribution in [0.1, 0.15) is 18.1 Å². The summed E-state index contributed by atoms with van der Waals surface area (Å²) < 4.78 is 21.5. The van der Waals surface area contributed by atoms with E-state index in [2.05, 4.69) is 5.32 Å². The van der Waals surface area contributed by atoms with Gasteiger partial charge in [-0.15, -0.1) is 0 Å². The van der Waals surface area contributed by atoms with Crippen LogP contribution < -0.4 is 24.3 Å². The zero-order valence-corrected chi connectivity index (χ0v) is 15.7. The average molecular weight is 370 g/mol. The summed E-state index contributed by atoms with van der Waals surface area (Å²) in [4.78, 5) is 12.3. The highest BCUT2D eigenvalue weighted by Crippen LogP contribution is 2.38. The fourth-order valence-corrected chi connectivity index (χ4v) is 2.44. The molecule has 0 saturated heterocycles. The number of carbonyl (C=O) groups is 1. The van der Waals surface area contributed by atoms with Crippen LogP contribution in [0.4, 0.5) is 0 Å². The third-order valence-electron chi connectivity index (χ3n) is 3.86. The molecule has 142 valence electrons. The van der Waals surface area contributed by atoms with E-state index in [0.29, 0.717) is 28.6 Å². The lowest BCUT2D eigenvalue weighted by Crippen LogP contribution is -2.35. The molecule has 27 heavy (non-hydrogen) atoms. The molecule has 7 heteroatoms. The Morgan fingerprint density at radius 1 is 1.07 bits per heavy atom. The van der Waals surface area contributed by atoms with Gasteiger partial charge in [0.25, 0.3) is 5.91 Å². The molecule has 7 nitrogen and oxygen atoms in total. The van der Waals surface area contributed by atoms with Crippen molar-refractivity contribution in [2.45, 2.75) is 19.6 Å². The lowest BCUT2D eigenvalue weighted by atomic mass is 10.1. The number of hydrogen-bond acceptors (Lipinski definition) is 6. The first kappa shape index (κ1) is 19.9. The number of nitrogens with one attached hydrogen (secondary N) is 1. The predicted molar refractivity (Wildman–Crippen MR) is 99.2 cm³/mol. The van der Waals surface area contributed by atoms with Crippen molar-refractivity contribution in [1.29, 1.82) is 5.26 Å². The number of nitriles is 1. The van der Waals surface area contributed by atoms with Gasteiger partial charge in [-0.1, -0.05) is 0 Å². The smallest absolute Gasteiger partial charge is 0.261 e. The van der Waals surface area contributed by atoms with Crippen molar-refractivity contribution in [3.05, 3.63) is 47.5 Å². The van der Waals surface area contributed by atoms with Crippen molar-refractivity contribution in [1.82, 2.24) is 5.32 Å². The molecule has 1 unspecified atom stereocenters. The average Bonchev–Trinajstić information content (AvgIpc) is 2.71. The highest BCUT2D eigenvalue weighted by molar-refractivity contribution is 5.80. The second-order valence-corrected chi connectivity index (χ2v) is 5.65. The number of nitrogens with zero attached hydrogens (tertiary/aromatic N) is 1. The van der Waals surface area contributed by atoms with Crippen molar-refractivity contribution in [3.8, 4) is 29.1 Å². The summed E-state index contributed by atoms with van der Waals surface area (Å²) in [5.74, 6) is 1.77. The minimum absolute atomic E-state index is 0.270. The van der Waals surface area contributed by atoms with Gasteiger partial charge < -0.3 is 24.3 Å². The molecule has 0 heterocycles. The van der Waals surface area contributed by atoms with Crippen molar-refractivity contribution in [3.63, 3.8) is 0 Å². The summed E-state index contributed by atoms with van der Waals surface area (Å²) in [6, 6.07) is 12.2. The number of benzene rings is 2. The Bertz CT molecular complexity index is 802. The van der Waals surface area contributed by atoms with Crippen molar-refractivity contribution in [2.75, 3.05) is 21.3 Å². The van der Waals surface area contributed by atoms with Gasteiger partial charge in [-0.2, -0.15) is 5.26 Å². The summed E-state index contributed by atoms with van der Waals surface area (Å²) in [7, 11) is 4.60. The van der Waals surface area contributed by atoms with E-state index >= 15 is 0 Å². The highest BCUT2D eigenvalue weighted by Gasteiger charge is 2.17. The summed E-state index contributed by atoms with van der Waals surface area (Å²) >= 11 is 0. The van der Waals surface area contributed by atoms with Gasteiger partial charge in [0.1, 0.15) is 5.75 Å². The summed E-state index contributed by atoms with van der Waals surface area (Å²) in [6.07, 6.45) is -0.694. The second-order valence-electron chi connectivity index (χ2n) is 5.65. The Kier molecular flexibility index (Phi) is 6.89. The third kappa shape index (κ3) is 5.05. The van der Waals surface area contributed by atoms with Crippen LogP contribution in [0.15, 0.2) is 36.4 Å². The Morgan fingerprint density at radius 3 is 2.15 bits per heavy atom. The second kappa shape index (κ2) is 9.34. The van der Waals surface area contributed by atoms with Crippen LogP contribution in [-0.2, 0) is 11.3 Å². The lowest BCUT2D eigenvalue weighted by Gasteiger charge is -2.16. The Balaban J connectivity index is 2.00. The minimum atomic E-state index is -0.694. The van der Waals surface area contributed by atoms with Crippen LogP contribution in [-0.4, -0.2) is 33.3 Å². The molecule has 1 amide bonds. The van der Waals surface area contributed by atoms with Crippen LogP contribution in [0.5, 0.6) is 23.0 Å². The maximum atomic E-state index is 12.3. The molecule has 2 rings (SSSR count). The fraction of sp³-hybridized carbons (Fsp3) is 0.300. The highest BCUT2D eigenvalue weighted by atomic mass is 16.5. The van der Waals surface area contributed by atoms with E-state index in [4.69, 9.17) is 24.2 Å². The maximum absolute atomic E-state index is 12.3. The molecule has 0 aliphatic carbocycles. The van der Waals surface area contributed by atoms with E-state index in [-0.39, 0.29) is 12.5 Å². The van der Waals surface area contributed by atoms with E-state index in [1.165, 1.54) is 21.3 Å². The molecule has 0 aliphatic rings. The normalized spacial score (nSPS) is 11.1. The van der Waals surface area contributed by atoms with Crippen LogP contribution in [0, 0.1) is 11.3 Å². The molecule has 1 N–H and O–H groups in total. The molecule has 0 radical (unpaired) electrons. The van der Waals surface area contributed by atoms with Crippen LogP contribution >= 0.6 is 0 Å². The number of ether oxygens (including phenoxy) is 4. The molecule has 0 bridgehead atoms. The van der Waals surface area contributed by atoms with Crippen molar-refractivity contribution < 1.29 is 23.7 Å². The molecular weight excluding hydrogens is 348 g/mol.